The summed E-state index contributed by atoms with van der Waals surface area (Å²) in [5, 5.41) is 10.2. The Balaban J connectivity index is 1.64. The van der Waals surface area contributed by atoms with Crippen molar-refractivity contribution in [1.29, 1.82) is 5.26 Å². The number of pyridine rings is 1. The van der Waals surface area contributed by atoms with E-state index in [2.05, 4.69) is 22.0 Å². The number of nitriles is 1. The van der Waals surface area contributed by atoms with Crippen LogP contribution >= 0.6 is 11.3 Å². The Morgan fingerprint density at radius 1 is 1.26 bits per heavy atom. The molecule has 3 aromatic rings. The van der Waals surface area contributed by atoms with E-state index in [1.54, 1.807) is 22.0 Å². The second kappa shape index (κ2) is 7.61. The van der Waals surface area contributed by atoms with E-state index in [-0.39, 0.29) is 11.1 Å². The molecule has 0 unspecified atom stereocenters. The van der Waals surface area contributed by atoms with Crippen molar-refractivity contribution in [3.8, 4) is 6.07 Å². The molecule has 1 aliphatic rings. The first-order chi connectivity index (χ1) is 13.1. The number of hydrogen-bond donors (Lipinski definition) is 0. The molecule has 3 heterocycles. The van der Waals surface area contributed by atoms with Crippen molar-refractivity contribution in [2.75, 3.05) is 26.3 Å². The third kappa shape index (κ3) is 3.93. The molecule has 2 aromatic heterocycles. The van der Waals surface area contributed by atoms with Crippen molar-refractivity contribution in [2.45, 2.75) is 20.0 Å². The molecular weight excluding hydrogens is 360 g/mol. The van der Waals surface area contributed by atoms with Crippen molar-refractivity contribution in [1.82, 2.24) is 14.5 Å². The average molecular weight is 380 g/mol. The summed E-state index contributed by atoms with van der Waals surface area (Å²) in [5.41, 5.74) is 2.99. The fraction of sp³-hybridized carbons (Fsp3) is 0.350. The van der Waals surface area contributed by atoms with Gasteiger partial charge in [0.2, 0.25) is 0 Å². The van der Waals surface area contributed by atoms with Crippen LogP contribution in [0, 0.1) is 18.3 Å². The lowest BCUT2D eigenvalue weighted by Crippen LogP contribution is -2.36. The first-order valence-electron chi connectivity index (χ1n) is 8.92. The van der Waals surface area contributed by atoms with Crippen LogP contribution in [0.15, 0.2) is 35.3 Å². The molecule has 0 amide bonds. The normalized spacial score (nSPS) is 15.1. The quantitative estimate of drug-likeness (QED) is 0.696. The first-order valence-corrected chi connectivity index (χ1v) is 9.73. The predicted octanol–water partition coefficient (Wildman–Crippen LogP) is 2.52. The largest absolute Gasteiger partial charge is 0.379 e. The summed E-state index contributed by atoms with van der Waals surface area (Å²) < 4.78 is 8.10. The van der Waals surface area contributed by atoms with E-state index in [0.717, 1.165) is 52.7 Å². The van der Waals surface area contributed by atoms with Crippen molar-refractivity contribution < 1.29 is 4.74 Å². The molecule has 0 saturated carbocycles. The average Bonchev–Trinajstić information content (AvgIpc) is 3.06. The number of fused-ring (bicyclic) bond motifs is 1. The van der Waals surface area contributed by atoms with Gasteiger partial charge < -0.3 is 9.30 Å². The molecule has 0 radical (unpaired) electrons. The molecule has 0 aliphatic carbocycles. The van der Waals surface area contributed by atoms with Gasteiger partial charge in [0.1, 0.15) is 16.6 Å². The van der Waals surface area contributed by atoms with E-state index < -0.39 is 0 Å². The Morgan fingerprint density at radius 2 is 2.07 bits per heavy atom. The fourth-order valence-electron chi connectivity index (χ4n) is 3.30. The SMILES string of the molecule is Cc1ccc2sc(Cn3cc(CN4CCOCC4)cc(C#N)c3=O)nc2c1. The van der Waals surface area contributed by atoms with Crippen LogP contribution in [0.2, 0.25) is 0 Å². The van der Waals surface area contributed by atoms with E-state index in [1.165, 1.54) is 0 Å². The topological polar surface area (TPSA) is 71.2 Å². The Bertz CT molecular complexity index is 1070. The zero-order valence-electron chi connectivity index (χ0n) is 15.1. The fourth-order valence-corrected chi connectivity index (χ4v) is 4.24. The highest BCUT2D eigenvalue weighted by Crippen LogP contribution is 2.23. The van der Waals surface area contributed by atoms with E-state index in [4.69, 9.17) is 4.74 Å². The molecule has 0 bridgehead atoms. The first kappa shape index (κ1) is 17.9. The van der Waals surface area contributed by atoms with Crippen LogP contribution < -0.4 is 5.56 Å². The van der Waals surface area contributed by atoms with Gasteiger partial charge in [-0.3, -0.25) is 9.69 Å². The molecule has 6 nitrogen and oxygen atoms in total. The van der Waals surface area contributed by atoms with Crippen molar-refractivity contribution >= 4 is 21.6 Å². The van der Waals surface area contributed by atoms with Gasteiger partial charge in [-0.05, 0) is 36.2 Å². The summed E-state index contributed by atoms with van der Waals surface area (Å²) in [4.78, 5) is 19.5. The van der Waals surface area contributed by atoms with Crippen LogP contribution in [0.5, 0.6) is 0 Å². The lowest BCUT2D eigenvalue weighted by molar-refractivity contribution is 0.0341. The number of morpholine rings is 1. The smallest absolute Gasteiger partial charge is 0.268 e. The Kier molecular flexibility index (Phi) is 5.03. The van der Waals surface area contributed by atoms with Gasteiger partial charge in [-0.25, -0.2) is 4.98 Å². The predicted molar refractivity (Wildman–Crippen MR) is 105 cm³/mol. The van der Waals surface area contributed by atoms with Gasteiger partial charge in [-0.2, -0.15) is 5.26 Å². The van der Waals surface area contributed by atoms with E-state index >= 15 is 0 Å². The molecule has 0 atom stereocenters. The van der Waals surface area contributed by atoms with Gasteiger partial charge in [0, 0.05) is 25.8 Å². The lowest BCUT2D eigenvalue weighted by atomic mass is 10.2. The number of thiazole rings is 1. The highest BCUT2D eigenvalue weighted by atomic mass is 32.1. The van der Waals surface area contributed by atoms with Crippen LogP contribution in [-0.4, -0.2) is 40.8 Å². The number of rotatable bonds is 4. The molecule has 7 heteroatoms. The Morgan fingerprint density at radius 3 is 2.85 bits per heavy atom. The van der Waals surface area contributed by atoms with Gasteiger partial charge >= 0.3 is 0 Å². The van der Waals surface area contributed by atoms with Gasteiger partial charge in [-0.1, -0.05) is 6.07 Å². The monoisotopic (exact) mass is 380 g/mol. The maximum atomic E-state index is 12.6. The molecule has 1 aliphatic heterocycles. The second-order valence-electron chi connectivity index (χ2n) is 6.77. The van der Waals surface area contributed by atoms with Crippen LogP contribution in [0.4, 0.5) is 0 Å². The molecule has 0 N–H and O–H groups in total. The van der Waals surface area contributed by atoms with Crippen LogP contribution in [0.3, 0.4) is 0 Å². The molecule has 27 heavy (non-hydrogen) atoms. The van der Waals surface area contributed by atoms with Crippen LogP contribution in [0.25, 0.3) is 10.2 Å². The minimum atomic E-state index is -0.265. The maximum absolute atomic E-state index is 12.6. The number of hydrogen-bond acceptors (Lipinski definition) is 6. The number of aryl methyl sites for hydroxylation is 1. The second-order valence-corrected chi connectivity index (χ2v) is 7.89. The van der Waals surface area contributed by atoms with Crippen molar-refractivity contribution in [2.24, 2.45) is 0 Å². The summed E-state index contributed by atoms with van der Waals surface area (Å²) in [5.74, 6) is 0. The summed E-state index contributed by atoms with van der Waals surface area (Å²) in [6, 6.07) is 9.92. The molecule has 0 spiro atoms. The minimum Gasteiger partial charge on any atom is -0.379 e. The highest BCUT2D eigenvalue weighted by Gasteiger charge is 2.14. The number of nitrogens with zero attached hydrogens (tertiary/aromatic N) is 4. The summed E-state index contributed by atoms with van der Waals surface area (Å²) >= 11 is 1.58. The van der Waals surface area contributed by atoms with E-state index in [1.807, 2.05) is 25.3 Å². The Hall–Kier alpha value is -2.53. The van der Waals surface area contributed by atoms with Gasteiger partial charge in [0.25, 0.3) is 5.56 Å². The highest BCUT2D eigenvalue weighted by molar-refractivity contribution is 7.18. The summed E-state index contributed by atoms with van der Waals surface area (Å²) in [6.45, 7) is 6.28. The van der Waals surface area contributed by atoms with Crippen molar-refractivity contribution in [3.05, 3.63) is 62.5 Å². The third-order valence-corrected chi connectivity index (χ3v) is 5.69. The zero-order valence-corrected chi connectivity index (χ0v) is 16.0. The number of aromatic nitrogens is 2. The lowest BCUT2D eigenvalue weighted by Gasteiger charge is -2.26. The Labute approximate surface area is 161 Å². The zero-order chi connectivity index (χ0) is 18.8. The van der Waals surface area contributed by atoms with E-state index in [9.17, 15) is 10.1 Å². The van der Waals surface area contributed by atoms with Crippen molar-refractivity contribution in [3.63, 3.8) is 0 Å². The molecule has 1 saturated heterocycles. The van der Waals surface area contributed by atoms with Gasteiger partial charge in [0.15, 0.2) is 0 Å². The van der Waals surface area contributed by atoms with Crippen LogP contribution in [0.1, 0.15) is 21.7 Å². The standard InChI is InChI=1S/C20H20N4O2S/c1-14-2-3-18-17(8-14)22-19(27-18)13-24-12-15(9-16(10-21)20(24)25)11-23-4-6-26-7-5-23/h2-3,8-9,12H,4-7,11,13H2,1H3. The van der Waals surface area contributed by atoms with Gasteiger partial charge in [-0.15, -0.1) is 11.3 Å². The maximum Gasteiger partial charge on any atom is 0.268 e. The summed E-state index contributed by atoms with van der Waals surface area (Å²) in [7, 11) is 0. The molecule has 138 valence electrons. The molecule has 1 fully saturated rings. The molecule has 4 rings (SSSR count). The molecule has 1 aromatic carbocycles. The minimum absolute atomic E-state index is 0.178. The third-order valence-electron chi connectivity index (χ3n) is 4.67. The number of ether oxygens (including phenoxy) is 1. The summed E-state index contributed by atoms with van der Waals surface area (Å²) in [6.07, 6.45) is 1.86. The van der Waals surface area contributed by atoms with E-state index in [0.29, 0.717) is 13.1 Å². The van der Waals surface area contributed by atoms with Crippen LogP contribution in [-0.2, 0) is 17.8 Å². The molecular formula is C20H20N4O2S. The number of benzene rings is 1. The van der Waals surface area contributed by atoms with Gasteiger partial charge in [0.05, 0.1) is 30.0 Å².